The van der Waals surface area contributed by atoms with Crippen LogP contribution in [0.15, 0.2) is 41.0 Å². The number of halogens is 2. The fraction of sp³-hybridized carbons (Fsp3) is 0.214. The lowest BCUT2D eigenvalue weighted by Crippen LogP contribution is -2.25. The highest BCUT2D eigenvalue weighted by molar-refractivity contribution is 6.36. The number of aliphatic hydroxyl groups is 1. The molecule has 2 aromatic rings. The fourth-order valence-corrected chi connectivity index (χ4v) is 2.21. The fourth-order valence-electron chi connectivity index (χ4n) is 1.71. The number of hydrogen-bond acceptors (Lipinski definition) is 3. The maximum absolute atomic E-state index is 11.9. The van der Waals surface area contributed by atoms with Gasteiger partial charge in [-0.15, -0.1) is 0 Å². The summed E-state index contributed by atoms with van der Waals surface area (Å²) in [5.41, 5.74) is 0.351. The molecule has 0 aliphatic carbocycles. The number of furan rings is 1. The van der Waals surface area contributed by atoms with Crippen LogP contribution in [0.1, 0.15) is 28.6 Å². The van der Waals surface area contributed by atoms with Gasteiger partial charge in [-0.1, -0.05) is 23.2 Å². The van der Waals surface area contributed by atoms with Crippen LogP contribution in [-0.2, 0) is 0 Å². The van der Waals surface area contributed by atoms with E-state index in [1.54, 1.807) is 24.3 Å². The minimum absolute atomic E-state index is 0.293. The maximum Gasteiger partial charge on any atom is 0.252 e. The molecule has 0 fully saturated rings. The Balaban J connectivity index is 1.86. The Kier molecular flexibility index (Phi) is 5.06. The van der Waals surface area contributed by atoms with Crippen molar-refractivity contribution in [3.8, 4) is 0 Å². The molecule has 1 heterocycles. The van der Waals surface area contributed by atoms with E-state index in [4.69, 9.17) is 27.6 Å². The summed E-state index contributed by atoms with van der Waals surface area (Å²) in [6, 6.07) is 8.05. The zero-order chi connectivity index (χ0) is 14.5. The van der Waals surface area contributed by atoms with Crippen LogP contribution in [0, 0.1) is 0 Å². The van der Waals surface area contributed by atoms with Gasteiger partial charge in [0.2, 0.25) is 0 Å². The van der Waals surface area contributed by atoms with E-state index in [0.29, 0.717) is 34.3 Å². The van der Waals surface area contributed by atoms with Crippen LogP contribution in [-0.4, -0.2) is 17.6 Å². The summed E-state index contributed by atoms with van der Waals surface area (Å²) in [4.78, 5) is 11.9. The van der Waals surface area contributed by atoms with Gasteiger partial charge in [-0.3, -0.25) is 4.79 Å². The van der Waals surface area contributed by atoms with Crippen LogP contribution < -0.4 is 5.32 Å². The summed E-state index contributed by atoms with van der Waals surface area (Å²) in [5, 5.41) is 13.2. The Labute approximate surface area is 126 Å². The van der Waals surface area contributed by atoms with Gasteiger partial charge in [0.15, 0.2) is 0 Å². The summed E-state index contributed by atoms with van der Waals surface area (Å²) in [5.74, 6) is 0.169. The van der Waals surface area contributed by atoms with E-state index >= 15 is 0 Å². The Hall–Kier alpha value is -1.49. The maximum atomic E-state index is 11.9. The molecule has 106 valence electrons. The van der Waals surface area contributed by atoms with Gasteiger partial charge in [0.1, 0.15) is 11.9 Å². The third-order valence-corrected chi connectivity index (χ3v) is 3.30. The summed E-state index contributed by atoms with van der Waals surface area (Å²) in [6.07, 6.45) is 1.10. The van der Waals surface area contributed by atoms with Crippen molar-refractivity contribution in [1.82, 2.24) is 5.32 Å². The zero-order valence-corrected chi connectivity index (χ0v) is 12.0. The molecule has 1 atom stereocenters. The van der Waals surface area contributed by atoms with Crippen molar-refractivity contribution in [2.45, 2.75) is 12.5 Å². The number of carbonyl (C=O) groups excluding carboxylic acids is 1. The Morgan fingerprint density at radius 3 is 2.80 bits per heavy atom. The number of nitrogens with one attached hydrogen (secondary N) is 1. The van der Waals surface area contributed by atoms with Gasteiger partial charge in [0, 0.05) is 11.6 Å². The third kappa shape index (κ3) is 3.76. The van der Waals surface area contributed by atoms with E-state index < -0.39 is 6.10 Å². The van der Waals surface area contributed by atoms with E-state index in [1.807, 2.05) is 0 Å². The number of carbonyl (C=O) groups is 1. The first kappa shape index (κ1) is 14.9. The molecule has 0 radical (unpaired) electrons. The highest BCUT2D eigenvalue weighted by atomic mass is 35.5. The minimum atomic E-state index is -0.744. The normalized spacial score (nSPS) is 12.2. The van der Waals surface area contributed by atoms with Gasteiger partial charge in [0.05, 0.1) is 16.8 Å². The summed E-state index contributed by atoms with van der Waals surface area (Å²) in [7, 11) is 0. The molecule has 0 saturated carbocycles. The summed E-state index contributed by atoms with van der Waals surface area (Å²) < 4.78 is 5.07. The van der Waals surface area contributed by atoms with Gasteiger partial charge in [0.25, 0.3) is 5.91 Å². The molecule has 2 N–H and O–H groups in total. The lowest BCUT2D eigenvalue weighted by atomic mass is 10.2. The minimum Gasteiger partial charge on any atom is -0.467 e. The first-order valence-electron chi connectivity index (χ1n) is 6.02. The van der Waals surface area contributed by atoms with Gasteiger partial charge in [-0.2, -0.15) is 0 Å². The predicted molar refractivity (Wildman–Crippen MR) is 77.1 cm³/mol. The molecule has 6 heteroatoms. The lowest BCUT2D eigenvalue weighted by molar-refractivity contribution is 0.0936. The average molecular weight is 314 g/mol. The Bertz CT molecular complexity index is 584. The van der Waals surface area contributed by atoms with Gasteiger partial charge in [-0.05, 0) is 36.8 Å². The second-order valence-corrected chi connectivity index (χ2v) is 5.04. The first-order valence-corrected chi connectivity index (χ1v) is 6.78. The predicted octanol–water partition coefficient (Wildman–Crippen LogP) is 3.44. The van der Waals surface area contributed by atoms with Gasteiger partial charge < -0.3 is 14.8 Å². The Morgan fingerprint density at radius 2 is 2.15 bits per heavy atom. The van der Waals surface area contributed by atoms with Crippen LogP contribution in [0.3, 0.4) is 0 Å². The molecule has 1 amide bonds. The number of hydrogen-bond donors (Lipinski definition) is 2. The van der Waals surface area contributed by atoms with Crippen molar-refractivity contribution < 1.29 is 14.3 Å². The number of amides is 1. The number of aliphatic hydroxyl groups excluding tert-OH is 1. The molecular weight excluding hydrogens is 301 g/mol. The molecule has 1 aromatic heterocycles. The topological polar surface area (TPSA) is 62.5 Å². The van der Waals surface area contributed by atoms with Crippen LogP contribution in [0.25, 0.3) is 0 Å². The monoisotopic (exact) mass is 313 g/mol. The van der Waals surface area contributed by atoms with Crippen molar-refractivity contribution in [3.63, 3.8) is 0 Å². The number of rotatable bonds is 5. The smallest absolute Gasteiger partial charge is 0.252 e. The molecular formula is C14H13Cl2NO3. The standard InChI is InChI=1S/C14H13Cl2NO3/c15-9-3-4-10(11(16)8-9)14(19)17-6-5-12(18)13-2-1-7-20-13/h1-4,7-8,12,18H,5-6H2,(H,17,19). The van der Waals surface area contributed by atoms with E-state index in [9.17, 15) is 9.90 Å². The molecule has 0 aliphatic heterocycles. The second-order valence-electron chi connectivity index (χ2n) is 4.20. The van der Waals surface area contributed by atoms with Crippen molar-refractivity contribution in [2.24, 2.45) is 0 Å². The van der Waals surface area contributed by atoms with Crippen LogP contribution in [0.2, 0.25) is 10.0 Å². The first-order chi connectivity index (χ1) is 9.58. The van der Waals surface area contributed by atoms with Crippen LogP contribution in [0.5, 0.6) is 0 Å². The molecule has 0 aliphatic rings. The molecule has 1 aromatic carbocycles. The quantitative estimate of drug-likeness (QED) is 0.888. The summed E-state index contributed by atoms with van der Waals surface area (Å²) >= 11 is 11.7. The third-order valence-electron chi connectivity index (χ3n) is 2.75. The molecule has 2 rings (SSSR count). The van der Waals surface area contributed by atoms with E-state index in [0.717, 1.165) is 0 Å². The van der Waals surface area contributed by atoms with E-state index in [2.05, 4.69) is 5.32 Å². The summed E-state index contributed by atoms with van der Waals surface area (Å²) in [6.45, 7) is 0.305. The highest BCUT2D eigenvalue weighted by Gasteiger charge is 2.13. The van der Waals surface area contributed by atoms with Crippen molar-refractivity contribution in [3.05, 3.63) is 58.0 Å². The SMILES string of the molecule is O=C(NCCC(O)c1ccco1)c1ccc(Cl)cc1Cl. The second kappa shape index (κ2) is 6.79. The van der Waals surface area contributed by atoms with Crippen molar-refractivity contribution >= 4 is 29.1 Å². The van der Waals surface area contributed by atoms with Gasteiger partial charge >= 0.3 is 0 Å². The van der Waals surface area contributed by atoms with Crippen molar-refractivity contribution in [1.29, 1.82) is 0 Å². The molecule has 4 nitrogen and oxygen atoms in total. The molecule has 0 bridgehead atoms. The molecule has 0 saturated heterocycles. The van der Waals surface area contributed by atoms with E-state index in [1.165, 1.54) is 12.3 Å². The molecule has 0 spiro atoms. The van der Waals surface area contributed by atoms with Gasteiger partial charge in [-0.25, -0.2) is 0 Å². The Morgan fingerprint density at radius 1 is 1.35 bits per heavy atom. The zero-order valence-electron chi connectivity index (χ0n) is 10.5. The number of benzene rings is 1. The van der Waals surface area contributed by atoms with E-state index in [-0.39, 0.29) is 5.91 Å². The van der Waals surface area contributed by atoms with Crippen LogP contribution in [0.4, 0.5) is 0 Å². The van der Waals surface area contributed by atoms with Crippen LogP contribution >= 0.6 is 23.2 Å². The molecule has 20 heavy (non-hydrogen) atoms. The van der Waals surface area contributed by atoms with Crippen molar-refractivity contribution in [2.75, 3.05) is 6.54 Å². The lowest BCUT2D eigenvalue weighted by Gasteiger charge is -2.10. The largest absolute Gasteiger partial charge is 0.467 e. The molecule has 1 unspecified atom stereocenters. The average Bonchev–Trinajstić information content (AvgIpc) is 2.92. The highest BCUT2D eigenvalue weighted by Crippen LogP contribution is 2.21.